The lowest BCUT2D eigenvalue weighted by atomic mass is 10.0. The number of carbonyl (C=O) groups excluding carboxylic acids is 1. The van der Waals surface area contributed by atoms with Crippen LogP contribution >= 0.6 is 0 Å². The standard InChI is InChI=1S/C14H10F2O2/c15-11-5-2-6-12(16)14(11)13(18)8-9-3-1-4-10(17)7-9/h1-7,17H,8H2. The van der Waals surface area contributed by atoms with E-state index in [4.69, 9.17) is 0 Å². The fourth-order valence-electron chi connectivity index (χ4n) is 1.70. The average Bonchev–Trinajstić information content (AvgIpc) is 2.28. The van der Waals surface area contributed by atoms with Crippen molar-refractivity contribution >= 4 is 5.78 Å². The van der Waals surface area contributed by atoms with E-state index < -0.39 is 23.0 Å². The Morgan fingerprint density at radius 3 is 2.28 bits per heavy atom. The first kappa shape index (κ1) is 12.2. The highest BCUT2D eigenvalue weighted by Gasteiger charge is 2.17. The lowest BCUT2D eigenvalue weighted by Crippen LogP contribution is -2.08. The van der Waals surface area contributed by atoms with E-state index in [9.17, 15) is 18.7 Å². The van der Waals surface area contributed by atoms with Gasteiger partial charge in [-0.15, -0.1) is 0 Å². The van der Waals surface area contributed by atoms with Crippen LogP contribution in [0.2, 0.25) is 0 Å². The molecule has 0 bridgehead atoms. The summed E-state index contributed by atoms with van der Waals surface area (Å²) in [5.41, 5.74) is -0.0384. The minimum atomic E-state index is -0.875. The van der Waals surface area contributed by atoms with Gasteiger partial charge in [0.15, 0.2) is 5.78 Å². The number of halogens is 2. The van der Waals surface area contributed by atoms with Gasteiger partial charge in [0, 0.05) is 6.42 Å². The third kappa shape index (κ3) is 2.53. The van der Waals surface area contributed by atoms with Crippen LogP contribution in [0.5, 0.6) is 5.75 Å². The largest absolute Gasteiger partial charge is 0.508 e. The normalized spacial score (nSPS) is 10.3. The third-order valence-corrected chi connectivity index (χ3v) is 2.52. The number of aromatic hydroxyl groups is 1. The highest BCUT2D eigenvalue weighted by atomic mass is 19.1. The van der Waals surface area contributed by atoms with Crippen molar-refractivity contribution in [1.29, 1.82) is 0 Å². The van der Waals surface area contributed by atoms with Gasteiger partial charge in [-0.3, -0.25) is 4.79 Å². The first-order valence-electron chi connectivity index (χ1n) is 5.33. The van der Waals surface area contributed by atoms with Gasteiger partial charge < -0.3 is 5.11 Å². The van der Waals surface area contributed by atoms with Crippen molar-refractivity contribution in [2.24, 2.45) is 0 Å². The maximum atomic E-state index is 13.4. The van der Waals surface area contributed by atoms with Crippen molar-refractivity contribution in [1.82, 2.24) is 0 Å². The minimum Gasteiger partial charge on any atom is -0.508 e. The Bertz CT molecular complexity index is 574. The summed E-state index contributed by atoms with van der Waals surface area (Å²) in [7, 11) is 0. The predicted molar refractivity (Wildman–Crippen MR) is 62.5 cm³/mol. The van der Waals surface area contributed by atoms with Crippen LogP contribution in [0.25, 0.3) is 0 Å². The van der Waals surface area contributed by atoms with Crippen molar-refractivity contribution in [2.45, 2.75) is 6.42 Å². The number of Topliss-reactive ketones (excluding diaryl/α,β-unsaturated/α-hetero) is 1. The molecule has 1 N–H and O–H groups in total. The Labute approximate surface area is 103 Å². The van der Waals surface area contributed by atoms with E-state index in [-0.39, 0.29) is 12.2 Å². The van der Waals surface area contributed by atoms with Gasteiger partial charge in [0.2, 0.25) is 0 Å². The smallest absolute Gasteiger partial charge is 0.173 e. The van der Waals surface area contributed by atoms with Crippen LogP contribution in [0.15, 0.2) is 42.5 Å². The maximum absolute atomic E-state index is 13.4. The van der Waals surface area contributed by atoms with Gasteiger partial charge >= 0.3 is 0 Å². The number of benzene rings is 2. The van der Waals surface area contributed by atoms with Crippen LogP contribution in [0, 0.1) is 11.6 Å². The van der Waals surface area contributed by atoms with Crippen LogP contribution < -0.4 is 0 Å². The van der Waals surface area contributed by atoms with E-state index in [2.05, 4.69) is 0 Å². The minimum absolute atomic E-state index is 0.00862. The first-order valence-corrected chi connectivity index (χ1v) is 5.33. The second kappa shape index (κ2) is 4.96. The predicted octanol–water partition coefficient (Wildman–Crippen LogP) is 3.10. The zero-order valence-corrected chi connectivity index (χ0v) is 9.36. The molecule has 0 saturated carbocycles. The number of carbonyl (C=O) groups is 1. The van der Waals surface area contributed by atoms with Crippen molar-refractivity contribution in [3.8, 4) is 5.75 Å². The topological polar surface area (TPSA) is 37.3 Å². The van der Waals surface area contributed by atoms with E-state index in [1.54, 1.807) is 12.1 Å². The highest BCUT2D eigenvalue weighted by molar-refractivity contribution is 5.98. The lowest BCUT2D eigenvalue weighted by Gasteiger charge is -2.04. The van der Waals surface area contributed by atoms with Crippen LogP contribution in [-0.4, -0.2) is 10.9 Å². The quantitative estimate of drug-likeness (QED) is 0.847. The van der Waals surface area contributed by atoms with E-state index in [1.807, 2.05) is 0 Å². The Hall–Kier alpha value is -2.23. The number of rotatable bonds is 3. The molecule has 4 heteroatoms. The first-order chi connectivity index (χ1) is 8.58. The summed E-state index contributed by atoms with van der Waals surface area (Å²) in [5, 5.41) is 9.25. The molecule has 0 aliphatic rings. The number of hydrogen-bond donors (Lipinski definition) is 1. The summed E-state index contributed by atoms with van der Waals surface area (Å²) in [6.45, 7) is 0. The zero-order valence-electron chi connectivity index (χ0n) is 9.36. The number of ketones is 1. The van der Waals surface area contributed by atoms with Crippen molar-refractivity contribution in [2.75, 3.05) is 0 Å². The Morgan fingerprint density at radius 2 is 1.67 bits per heavy atom. The lowest BCUT2D eigenvalue weighted by molar-refractivity contribution is 0.0985. The maximum Gasteiger partial charge on any atom is 0.173 e. The highest BCUT2D eigenvalue weighted by Crippen LogP contribution is 2.17. The molecule has 2 aromatic rings. The Morgan fingerprint density at radius 1 is 1.06 bits per heavy atom. The number of phenolic OH excluding ortho intramolecular Hbond substituents is 1. The summed E-state index contributed by atoms with van der Waals surface area (Å²) in [6.07, 6.45) is -0.160. The molecular formula is C14H10F2O2. The van der Waals surface area contributed by atoms with E-state index in [0.717, 1.165) is 12.1 Å². The molecule has 0 heterocycles. The molecule has 2 rings (SSSR count). The van der Waals surface area contributed by atoms with Crippen LogP contribution in [-0.2, 0) is 6.42 Å². The summed E-state index contributed by atoms with van der Waals surface area (Å²) >= 11 is 0. The van der Waals surface area contributed by atoms with Gasteiger partial charge in [-0.2, -0.15) is 0 Å². The molecule has 0 amide bonds. The van der Waals surface area contributed by atoms with Gasteiger partial charge in [-0.25, -0.2) is 8.78 Å². The molecule has 0 radical (unpaired) electrons. The Balaban J connectivity index is 2.28. The fourth-order valence-corrected chi connectivity index (χ4v) is 1.70. The van der Waals surface area contributed by atoms with Gasteiger partial charge in [-0.1, -0.05) is 18.2 Å². The molecule has 0 fully saturated rings. The molecule has 0 spiro atoms. The molecule has 0 atom stereocenters. The molecule has 0 aliphatic carbocycles. The van der Waals surface area contributed by atoms with Crippen LogP contribution in [0.4, 0.5) is 8.78 Å². The summed E-state index contributed by atoms with van der Waals surface area (Å²) < 4.78 is 26.7. The molecule has 2 nitrogen and oxygen atoms in total. The number of phenols is 1. The molecule has 2 aromatic carbocycles. The van der Waals surface area contributed by atoms with Gasteiger partial charge in [0.25, 0.3) is 0 Å². The third-order valence-electron chi connectivity index (χ3n) is 2.52. The molecule has 0 aromatic heterocycles. The molecule has 0 saturated heterocycles. The molecule has 18 heavy (non-hydrogen) atoms. The molecular weight excluding hydrogens is 238 g/mol. The summed E-state index contributed by atoms with van der Waals surface area (Å²) in [4.78, 5) is 11.8. The van der Waals surface area contributed by atoms with Crippen molar-refractivity contribution in [3.63, 3.8) is 0 Å². The fraction of sp³-hybridized carbons (Fsp3) is 0.0714. The second-order valence-corrected chi connectivity index (χ2v) is 3.87. The second-order valence-electron chi connectivity index (χ2n) is 3.87. The van der Waals surface area contributed by atoms with E-state index in [1.165, 1.54) is 18.2 Å². The van der Waals surface area contributed by atoms with E-state index >= 15 is 0 Å². The Kier molecular flexibility index (Phi) is 3.37. The summed E-state index contributed by atoms with van der Waals surface area (Å²) in [5.74, 6) is -2.40. The van der Waals surface area contributed by atoms with Gasteiger partial charge in [0.1, 0.15) is 17.4 Å². The molecule has 0 unspecified atom stereocenters. The molecule has 0 aliphatic heterocycles. The van der Waals surface area contributed by atoms with Crippen molar-refractivity contribution < 1.29 is 18.7 Å². The SMILES string of the molecule is O=C(Cc1cccc(O)c1)c1c(F)cccc1F. The zero-order chi connectivity index (χ0) is 13.1. The monoisotopic (exact) mass is 248 g/mol. The summed E-state index contributed by atoms with van der Waals surface area (Å²) in [6, 6.07) is 9.30. The molecule has 92 valence electrons. The van der Waals surface area contributed by atoms with Crippen molar-refractivity contribution in [3.05, 3.63) is 65.2 Å². The number of hydrogen-bond acceptors (Lipinski definition) is 2. The van der Waals surface area contributed by atoms with Crippen LogP contribution in [0.1, 0.15) is 15.9 Å². The average molecular weight is 248 g/mol. The van der Waals surface area contributed by atoms with Crippen LogP contribution in [0.3, 0.4) is 0 Å². The van der Waals surface area contributed by atoms with E-state index in [0.29, 0.717) is 5.56 Å². The van der Waals surface area contributed by atoms with Gasteiger partial charge in [-0.05, 0) is 29.8 Å². The van der Waals surface area contributed by atoms with Gasteiger partial charge in [0.05, 0.1) is 5.56 Å².